The number of rotatable bonds is 7. The third kappa shape index (κ3) is 5.25. The van der Waals surface area contributed by atoms with Crippen molar-refractivity contribution in [1.29, 1.82) is 0 Å². The number of sulfonamides is 1. The zero-order chi connectivity index (χ0) is 23.5. The molecule has 10 heteroatoms. The fourth-order valence-electron chi connectivity index (χ4n) is 3.58. The molecule has 1 aliphatic rings. The standard InChI is InChI=1S/C22H26FN3O5S/c1-22(21(28)24-12-16-4-8-18(23)9-5-16)15-25(32(3,29)30)14-20(27)26(22)13-17-6-10-19(31-2)11-7-17/h4-11H,12-15H2,1-3H3,(H,24,28)/t22-/m0/s1. The minimum absolute atomic E-state index is 0.109. The van der Waals surface area contributed by atoms with E-state index in [1.165, 1.54) is 17.0 Å². The Hall–Kier alpha value is -2.98. The lowest BCUT2D eigenvalue weighted by atomic mass is 9.94. The molecule has 172 valence electrons. The summed E-state index contributed by atoms with van der Waals surface area (Å²) in [6.07, 6.45) is 1.01. The van der Waals surface area contributed by atoms with Gasteiger partial charge in [0.05, 0.1) is 19.9 Å². The molecule has 1 N–H and O–H groups in total. The quantitative estimate of drug-likeness (QED) is 0.672. The second kappa shape index (κ2) is 9.25. The molecule has 1 atom stereocenters. The third-order valence-electron chi connectivity index (χ3n) is 5.52. The molecule has 1 fully saturated rings. The number of carbonyl (C=O) groups is 2. The Morgan fingerprint density at radius 3 is 2.28 bits per heavy atom. The molecule has 1 heterocycles. The summed E-state index contributed by atoms with van der Waals surface area (Å²) in [4.78, 5) is 27.6. The molecule has 32 heavy (non-hydrogen) atoms. The van der Waals surface area contributed by atoms with Crippen molar-refractivity contribution in [1.82, 2.24) is 14.5 Å². The Kier molecular flexibility index (Phi) is 6.85. The number of halogens is 1. The second-order valence-corrected chi connectivity index (χ2v) is 9.92. The summed E-state index contributed by atoms with van der Waals surface area (Å²) in [7, 11) is -2.15. The molecule has 8 nitrogen and oxygen atoms in total. The maximum atomic E-state index is 13.3. The van der Waals surface area contributed by atoms with E-state index in [1.807, 2.05) is 0 Å². The topological polar surface area (TPSA) is 96.0 Å². The van der Waals surface area contributed by atoms with Crippen LogP contribution in [0.2, 0.25) is 0 Å². The van der Waals surface area contributed by atoms with Gasteiger partial charge in [-0.1, -0.05) is 24.3 Å². The van der Waals surface area contributed by atoms with E-state index in [9.17, 15) is 22.4 Å². The van der Waals surface area contributed by atoms with Crippen LogP contribution in [-0.2, 0) is 32.7 Å². The van der Waals surface area contributed by atoms with Gasteiger partial charge in [-0.2, -0.15) is 4.31 Å². The monoisotopic (exact) mass is 463 g/mol. The number of piperazine rings is 1. The van der Waals surface area contributed by atoms with E-state index in [-0.39, 0.29) is 32.0 Å². The Labute approximate surface area is 187 Å². The van der Waals surface area contributed by atoms with Crippen LogP contribution in [0.1, 0.15) is 18.1 Å². The molecule has 1 saturated heterocycles. The van der Waals surface area contributed by atoms with Gasteiger partial charge in [-0.3, -0.25) is 9.59 Å². The summed E-state index contributed by atoms with van der Waals surface area (Å²) in [6, 6.07) is 12.7. The Balaban J connectivity index is 1.86. The molecule has 0 aromatic heterocycles. The summed E-state index contributed by atoms with van der Waals surface area (Å²) in [5.41, 5.74) is -0.00469. The number of carbonyl (C=O) groups excluding carboxylic acids is 2. The van der Waals surface area contributed by atoms with E-state index >= 15 is 0 Å². The van der Waals surface area contributed by atoms with Crippen molar-refractivity contribution in [3.63, 3.8) is 0 Å². The number of nitrogens with zero attached hydrogens (tertiary/aromatic N) is 2. The number of ether oxygens (including phenoxy) is 1. The lowest BCUT2D eigenvalue weighted by Gasteiger charge is -2.46. The van der Waals surface area contributed by atoms with Crippen LogP contribution < -0.4 is 10.1 Å². The lowest BCUT2D eigenvalue weighted by Crippen LogP contribution is -2.69. The molecule has 1 aliphatic heterocycles. The van der Waals surface area contributed by atoms with Gasteiger partial charge in [0.2, 0.25) is 21.8 Å². The predicted octanol–water partition coefficient (Wildman–Crippen LogP) is 1.51. The van der Waals surface area contributed by atoms with E-state index in [4.69, 9.17) is 4.74 Å². The molecule has 3 rings (SSSR count). The van der Waals surface area contributed by atoms with Gasteiger partial charge in [-0.15, -0.1) is 0 Å². The van der Waals surface area contributed by atoms with E-state index in [2.05, 4.69) is 5.32 Å². The van der Waals surface area contributed by atoms with Crippen molar-refractivity contribution in [3.05, 3.63) is 65.5 Å². The summed E-state index contributed by atoms with van der Waals surface area (Å²) in [6.45, 7) is 1.27. The summed E-state index contributed by atoms with van der Waals surface area (Å²) in [5.74, 6) is -0.713. The number of hydrogen-bond acceptors (Lipinski definition) is 5. The van der Waals surface area contributed by atoms with Crippen molar-refractivity contribution in [2.75, 3.05) is 26.5 Å². The molecular formula is C22H26FN3O5S. The Morgan fingerprint density at radius 2 is 1.72 bits per heavy atom. The van der Waals surface area contributed by atoms with Crippen LogP contribution in [0.5, 0.6) is 5.75 Å². The zero-order valence-electron chi connectivity index (χ0n) is 18.2. The van der Waals surface area contributed by atoms with Crippen LogP contribution in [0.4, 0.5) is 4.39 Å². The minimum Gasteiger partial charge on any atom is -0.497 e. The highest BCUT2D eigenvalue weighted by Gasteiger charge is 2.49. The minimum atomic E-state index is -3.69. The van der Waals surface area contributed by atoms with Crippen LogP contribution in [0.25, 0.3) is 0 Å². The number of amides is 2. The van der Waals surface area contributed by atoms with Crippen molar-refractivity contribution in [2.45, 2.75) is 25.6 Å². The summed E-state index contributed by atoms with van der Waals surface area (Å²) >= 11 is 0. The molecule has 2 amide bonds. The van der Waals surface area contributed by atoms with Crippen molar-refractivity contribution in [2.24, 2.45) is 0 Å². The number of hydrogen-bond donors (Lipinski definition) is 1. The Morgan fingerprint density at radius 1 is 1.12 bits per heavy atom. The number of methoxy groups -OCH3 is 1. The molecule has 0 bridgehead atoms. The predicted molar refractivity (Wildman–Crippen MR) is 117 cm³/mol. The van der Waals surface area contributed by atoms with Crippen LogP contribution in [0.3, 0.4) is 0 Å². The maximum absolute atomic E-state index is 13.3. The van der Waals surface area contributed by atoms with Gasteiger partial charge >= 0.3 is 0 Å². The highest BCUT2D eigenvalue weighted by Crippen LogP contribution is 2.27. The normalized spacial score (nSPS) is 19.6. The SMILES string of the molecule is COc1ccc(CN2C(=O)CN(S(C)(=O)=O)C[C@@]2(C)C(=O)NCc2ccc(F)cc2)cc1. The summed E-state index contributed by atoms with van der Waals surface area (Å²) in [5, 5.41) is 2.76. The third-order valence-corrected chi connectivity index (χ3v) is 6.71. The van der Waals surface area contributed by atoms with E-state index in [1.54, 1.807) is 50.4 Å². The van der Waals surface area contributed by atoms with Gasteiger partial charge in [0.1, 0.15) is 17.1 Å². The zero-order valence-corrected chi connectivity index (χ0v) is 19.0. The molecule has 0 radical (unpaired) electrons. The van der Waals surface area contributed by atoms with E-state index < -0.39 is 27.4 Å². The first kappa shape index (κ1) is 23.7. The molecule has 0 unspecified atom stereocenters. The first-order chi connectivity index (χ1) is 15.0. The molecule has 0 aliphatic carbocycles. The molecule has 0 spiro atoms. The molecule has 2 aromatic carbocycles. The van der Waals surface area contributed by atoms with Gasteiger partial charge in [-0.25, -0.2) is 12.8 Å². The second-order valence-electron chi connectivity index (χ2n) is 7.94. The van der Waals surface area contributed by atoms with Crippen molar-refractivity contribution < 1.29 is 27.1 Å². The van der Waals surface area contributed by atoms with Crippen LogP contribution in [0.15, 0.2) is 48.5 Å². The number of benzene rings is 2. The van der Waals surface area contributed by atoms with Gasteiger partial charge in [0, 0.05) is 19.6 Å². The van der Waals surface area contributed by atoms with Gasteiger partial charge < -0.3 is 15.0 Å². The molecule has 2 aromatic rings. The first-order valence-electron chi connectivity index (χ1n) is 9.94. The number of nitrogens with one attached hydrogen (secondary N) is 1. The average molecular weight is 464 g/mol. The van der Waals surface area contributed by atoms with E-state index in [0.29, 0.717) is 11.3 Å². The van der Waals surface area contributed by atoms with Crippen LogP contribution >= 0.6 is 0 Å². The Bertz CT molecular complexity index is 1090. The van der Waals surface area contributed by atoms with Crippen LogP contribution in [0, 0.1) is 5.82 Å². The fraction of sp³-hybridized carbons (Fsp3) is 0.364. The molecular weight excluding hydrogens is 437 g/mol. The highest BCUT2D eigenvalue weighted by molar-refractivity contribution is 7.88. The smallest absolute Gasteiger partial charge is 0.247 e. The average Bonchev–Trinajstić information content (AvgIpc) is 2.75. The van der Waals surface area contributed by atoms with E-state index in [0.717, 1.165) is 16.1 Å². The summed E-state index contributed by atoms with van der Waals surface area (Å²) < 4.78 is 43.6. The molecule has 0 saturated carbocycles. The van der Waals surface area contributed by atoms with Gasteiger partial charge in [0.15, 0.2) is 0 Å². The lowest BCUT2D eigenvalue weighted by molar-refractivity contribution is -0.153. The fourth-order valence-corrected chi connectivity index (χ4v) is 4.41. The van der Waals surface area contributed by atoms with Gasteiger partial charge in [-0.05, 0) is 42.3 Å². The highest BCUT2D eigenvalue weighted by atomic mass is 32.2. The van der Waals surface area contributed by atoms with Gasteiger partial charge in [0.25, 0.3) is 0 Å². The van der Waals surface area contributed by atoms with Crippen molar-refractivity contribution >= 4 is 21.8 Å². The largest absolute Gasteiger partial charge is 0.497 e. The maximum Gasteiger partial charge on any atom is 0.247 e. The van der Waals surface area contributed by atoms with Crippen molar-refractivity contribution in [3.8, 4) is 5.75 Å². The first-order valence-corrected chi connectivity index (χ1v) is 11.8. The van der Waals surface area contributed by atoms with Crippen LogP contribution in [-0.4, -0.2) is 61.4 Å².